The van der Waals surface area contributed by atoms with Gasteiger partial charge in [0, 0.05) is 23.5 Å². The van der Waals surface area contributed by atoms with Gasteiger partial charge in [0.05, 0.1) is 25.0 Å². The zero-order valence-electron chi connectivity index (χ0n) is 16.4. The van der Waals surface area contributed by atoms with E-state index in [1.54, 1.807) is 6.20 Å². The molecule has 4 aromatic rings. The normalized spacial score (nSPS) is 10.7. The van der Waals surface area contributed by atoms with Gasteiger partial charge in [0.15, 0.2) is 10.9 Å². The molecular formula is C22H21ClN6S. The molecule has 0 radical (unpaired) electrons. The van der Waals surface area contributed by atoms with Gasteiger partial charge in [0.2, 0.25) is 0 Å². The summed E-state index contributed by atoms with van der Waals surface area (Å²) < 4.78 is 3.71. The molecule has 0 saturated carbocycles. The van der Waals surface area contributed by atoms with E-state index in [2.05, 4.69) is 52.0 Å². The summed E-state index contributed by atoms with van der Waals surface area (Å²) in [5, 5.41) is 16.3. The number of benzene rings is 2. The summed E-state index contributed by atoms with van der Waals surface area (Å²) >= 11 is 11.3. The number of hydrogen-bond donors (Lipinski definition) is 2. The molecule has 0 unspecified atom stereocenters. The van der Waals surface area contributed by atoms with Crippen molar-refractivity contribution in [3.8, 4) is 0 Å². The lowest BCUT2D eigenvalue weighted by Crippen LogP contribution is -2.19. The van der Waals surface area contributed by atoms with Gasteiger partial charge in [-0.05, 0) is 42.4 Å². The highest BCUT2D eigenvalue weighted by Crippen LogP contribution is 2.13. The van der Waals surface area contributed by atoms with E-state index in [1.807, 2.05) is 52.1 Å². The van der Waals surface area contributed by atoms with Crippen LogP contribution in [0.4, 0.5) is 11.5 Å². The van der Waals surface area contributed by atoms with Crippen LogP contribution in [0.3, 0.4) is 0 Å². The lowest BCUT2D eigenvalue weighted by atomic mass is 10.1. The van der Waals surface area contributed by atoms with Crippen molar-refractivity contribution in [1.82, 2.24) is 19.6 Å². The average molecular weight is 437 g/mol. The molecule has 2 aromatic heterocycles. The topological polar surface area (TPSA) is 59.7 Å². The Hall–Kier alpha value is -3.16. The molecule has 0 aliphatic rings. The number of nitrogens with zero attached hydrogens (tertiary/aromatic N) is 4. The molecule has 4 rings (SSSR count). The molecule has 30 heavy (non-hydrogen) atoms. The van der Waals surface area contributed by atoms with Crippen molar-refractivity contribution in [3.05, 3.63) is 94.9 Å². The number of nitrogens with one attached hydrogen (secondary N) is 2. The Morgan fingerprint density at radius 3 is 2.33 bits per heavy atom. The van der Waals surface area contributed by atoms with Crippen LogP contribution in [-0.2, 0) is 13.1 Å². The third-order valence-electron chi connectivity index (χ3n) is 4.50. The molecule has 0 aliphatic heterocycles. The summed E-state index contributed by atoms with van der Waals surface area (Å²) in [6.45, 7) is 3.44. The van der Waals surface area contributed by atoms with Crippen molar-refractivity contribution in [2.24, 2.45) is 0 Å². The molecule has 152 valence electrons. The number of thiocarbonyl (C=S) groups is 1. The fourth-order valence-electron chi connectivity index (χ4n) is 2.97. The maximum Gasteiger partial charge on any atom is 0.176 e. The van der Waals surface area contributed by atoms with Crippen LogP contribution in [-0.4, -0.2) is 24.7 Å². The minimum absolute atomic E-state index is 0.460. The molecule has 0 saturated heterocycles. The first kappa shape index (κ1) is 20.1. The molecule has 0 spiro atoms. The Morgan fingerprint density at radius 2 is 1.60 bits per heavy atom. The Balaban J connectivity index is 1.30. The SMILES string of the molecule is Cc1ccc(Cn2cc(NC(=S)Nc3ccn(Cc4ccc(Cl)cc4)n3)cn2)cc1. The molecule has 2 N–H and O–H groups in total. The quantitative estimate of drug-likeness (QED) is 0.419. The van der Waals surface area contributed by atoms with E-state index in [4.69, 9.17) is 23.8 Å². The Labute approximate surface area is 185 Å². The van der Waals surface area contributed by atoms with E-state index in [0.717, 1.165) is 16.3 Å². The maximum absolute atomic E-state index is 5.93. The summed E-state index contributed by atoms with van der Waals surface area (Å²) in [6, 6.07) is 18.0. The van der Waals surface area contributed by atoms with Crippen molar-refractivity contribution >= 4 is 40.4 Å². The summed E-state index contributed by atoms with van der Waals surface area (Å²) in [4.78, 5) is 0. The van der Waals surface area contributed by atoms with Crippen molar-refractivity contribution in [2.45, 2.75) is 20.0 Å². The molecule has 2 heterocycles. The Bertz CT molecular complexity index is 1040. The smallest absolute Gasteiger partial charge is 0.176 e. The van der Waals surface area contributed by atoms with Gasteiger partial charge in [0.25, 0.3) is 0 Å². The van der Waals surface area contributed by atoms with Gasteiger partial charge < -0.3 is 10.6 Å². The Kier molecular flexibility index (Phi) is 6.11. The van der Waals surface area contributed by atoms with Crippen molar-refractivity contribution in [3.63, 3.8) is 0 Å². The van der Waals surface area contributed by atoms with Crippen molar-refractivity contribution in [1.29, 1.82) is 0 Å². The van der Waals surface area contributed by atoms with Crippen molar-refractivity contribution in [2.75, 3.05) is 10.6 Å². The van der Waals surface area contributed by atoms with Gasteiger partial charge >= 0.3 is 0 Å². The molecular weight excluding hydrogens is 416 g/mol. The summed E-state index contributed by atoms with van der Waals surface area (Å²) in [5.74, 6) is 0.675. The van der Waals surface area contributed by atoms with Crippen molar-refractivity contribution < 1.29 is 0 Å². The van der Waals surface area contributed by atoms with Crippen LogP contribution in [0.15, 0.2) is 73.2 Å². The molecule has 0 amide bonds. The van der Waals surface area contributed by atoms with Crippen LogP contribution in [0.2, 0.25) is 5.02 Å². The maximum atomic E-state index is 5.93. The molecule has 0 bridgehead atoms. The monoisotopic (exact) mass is 436 g/mol. The van der Waals surface area contributed by atoms with Crippen LogP contribution in [0.5, 0.6) is 0 Å². The third-order valence-corrected chi connectivity index (χ3v) is 4.95. The molecule has 6 nitrogen and oxygen atoms in total. The second kappa shape index (κ2) is 9.11. The number of rotatable bonds is 6. The van der Waals surface area contributed by atoms with Gasteiger partial charge in [0.1, 0.15) is 0 Å². The van der Waals surface area contributed by atoms with Gasteiger partial charge in [-0.3, -0.25) is 9.36 Å². The minimum atomic E-state index is 0.460. The standard InChI is InChI=1S/C22H21ClN6S/c1-16-2-4-17(5-3-16)14-29-15-20(12-24-29)25-22(30)26-21-10-11-28(27-21)13-18-6-8-19(23)9-7-18/h2-12,15H,13-14H2,1H3,(H2,25,26,27,30). The van der Waals surface area contributed by atoms with Crippen LogP contribution in [0.25, 0.3) is 0 Å². The number of aromatic nitrogens is 4. The number of hydrogen-bond acceptors (Lipinski definition) is 3. The fraction of sp³-hybridized carbons (Fsp3) is 0.136. The highest BCUT2D eigenvalue weighted by Gasteiger charge is 2.05. The van der Waals surface area contributed by atoms with Gasteiger partial charge in [-0.15, -0.1) is 0 Å². The molecule has 8 heteroatoms. The predicted molar refractivity (Wildman–Crippen MR) is 125 cm³/mol. The van der Waals surface area contributed by atoms with Gasteiger partial charge in [-0.1, -0.05) is 53.6 Å². The van der Waals surface area contributed by atoms with E-state index in [0.29, 0.717) is 24.0 Å². The van der Waals surface area contributed by atoms with E-state index < -0.39 is 0 Å². The number of aryl methyl sites for hydroxylation is 1. The fourth-order valence-corrected chi connectivity index (χ4v) is 3.32. The molecule has 0 aliphatic carbocycles. The second-order valence-electron chi connectivity index (χ2n) is 7.02. The number of anilines is 2. The average Bonchev–Trinajstić information content (AvgIpc) is 3.35. The lowest BCUT2D eigenvalue weighted by molar-refractivity contribution is 0.687. The summed E-state index contributed by atoms with van der Waals surface area (Å²) in [5.41, 5.74) is 4.38. The van der Waals surface area contributed by atoms with E-state index >= 15 is 0 Å². The molecule has 0 fully saturated rings. The lowest BCUT2D eigenvalue weighted by Gasteiger charge is -2.06. The van der Waals surface area contributed by atoms with Gasteiger partial charge in [-0.25, -0.2) is 0 Å². The Morgan fingerprint density at radius 1 is 0.933 bits per heavy atom. The van der Waals surface area contributed by atoms with Crippen LogP contribution in [0, 0.1) is 6.92 Å². The van der Waals surface area contributed by atoms with Crippen LogP contribution < -0.4 is 10.6 Å². The highest BCUT2D eigenvalue weighted by molar-refractivity contribution is 7.80. The highest BCUT2D eigenvalue weighted by atomic mass is 35.5. The first-order valence-corrected chi connectivity index (χ1v) is 10.3. The second-order valence-corrected chi connectivity index (χ2v) is 7.86. The van der Waals surface area contributed by atoms with Crippen LogP contribution in [0.1, 0.15) is 16.7 Å². The third kappa shape index (κ3) is 5.46. The number of halogens is 1. The zero-order chi connectivity index (χ0) is 20.9. The van der Waals surface area contributed by atoms with E-state index in [-0.39, 0.29) is 0 Å². The summed E-state index contributed by atoms with van der Waals surface area (Å²) in [6.07, 6.45) is 5.58. The largest absolute Gasteiger partial charge is 0.330 e. The first-order valence-electron chi connectivity index (χ1n) is 9.47. The molecule has 2 aromatic carbocycles. The summed E-state index contributed by atoms with van der Waals surface area (Å²) in [7, 11) is 0. The zero-order valence-corrected chi connectivity index (χ0v) is 18.0. The predicted octanol–water partition coefficient (Wildman–Crippen LogP) is 4.95. The van der Waals surface area contributed by atoms with E-state index in [9.17, 15) is 0 Å². The van der Waals surface area contributed by atoms with Crippen LogP contribution >= 0.6 is 23.8 Å². The molecule has 0 atom stereocenters. The van der Waals surface area contributed by atoms with Gasteiger partial charge in [-0.2, -0.15) is 10.2 Å². The van der Waals surface area contributed by atoms with E-state index in [1.165, 1.54) is 11.1 Å². The first-order chi connectivity index (χ1) is 14.5. The minimum Gasteiger partial charge on any atom is -0.330 e.